The summed E-state index contributed by atoms with van der Waals surface area (Å²) in [7, 11) is 1.70. The second-order valence-electron chi connectivity index (χ2n) is 2.91. The van der Waals surface area contributed by atoms with E-state index in [4.69, 9.17) is 4.74 Å². The van der Waals surface area contributed by atoms with Gasteiger partial charge in [0.2, 0.25) is 0 Å². The summed E-state index contributed by atoms with van der Waals surface area (Å²) in [5.41, 5.74) is 0. The molecule has 0 aliphatic carbocycles. The standard InChI is InChI=1S/C11H15OS.BrH.Zn/c1-4-9(2)13-11-8-6-5-7-10(11)12-3;;/h5,7-9H,4H2,1-3H3;1H;/q-1;;+2/p-1. The van der Waals surface area contributed by atoms with Gasteiger partial charge in [-0.15, -0.1) is 6.07 Å². The number of benzene rings is 1. The SMILES string of the molecule is CCC(C)Sc1c[c-]ccc1OC.[Zn+][Br]. The van der Waals surface area contributed by atoms with Crippen molar-refractivity contribution in [3.63, 3.8) is 0 Å². The maximum atomic E-state index is 5.25. The van der Waals surface area contributed by atoms with E-state index >= 15 is 0 Å². The van der Waals surface area contributed by atoms with Crippen LogP contribution in [-0.4, -0.2) is 12.4 Å². The summed E-state index contributed by atoms with van der Waals surface area (Å²) in [4.78, 5) is 1.18. The van der Waals surface area contributed by atoms with Crippen LogP contribution in [0.5, 0.6) is 5.75 Å². The van der Waals surface area contributed by atoms with Crippen LogP contribution in [0.25, 0.3) is 0 Å². The normalized spacial score (nSPS) is 11.3. The molecule has 0 aromatic heterocycles. The average Bonchev–Trinajstić information content (AvgIpc) is 2.32. The predicted octanol–water partition coefficient (Wildman–Crippen LogP) is 4.23. The van der Waals surface area contributed by atoms with Gasteiger partial charge in [-0.2, -0.15) is 30.0 Å². The van der Waals surface area contributed by atoms with E-state index in [0.29, 0.717) is 5.25 Å². The fourth-order valence-corrected chi connectivity index (χ4v) is 1.97. The molecule has 0 saturated carbocycles. The van der Waals surface area contributed by atoms with E-state index in [1.807, 2.05) is 30.0 Å². The summed E-state index contributed by atoms with van der Waals surface area (Å²) in [5, 5.41) is 0.629. The van der Waals surface area contributed by atoms with Crippen LogP contribution in [0.1, 0.15) is 20.3 Å². The van der Waals surface area contributed by atoms with Gasteiger partial charge in [0.15, 0.2) is 0 Å². The van der Waals surface area contributed by atoms with Crippen molar-refractivity contribution in [2.75, 3.05) is 7.11 Å². The van der Waals surface area contributed by atoms with Gasteiger partial charge < -0.3 is 4.74 Å². The van der Waals surface area contributed by atoms with Crippen LogP contribution in [-0.2, 0) is 16.3 Å². The van der Waals surface area contributed by atoms with E-state index < -0.39 is 0 Å². The quantitative estimate of drug-likeness (QED) is 0.461. The Morgan fingerprint density at radius 2 is 2.27 bits per heavy atom. The molecule has 0 fully saturated rings. The molecule has 1 aromatic carbocycles. The summed E-state index contributed by atoms with van der Waals surface area (Å²) in [6.07, 6.45) is 1.17. The van der Waals surface area contributed by atoms with Crippen molar-refractivity contribution >= 4 is 25.4 Å². The molecule has 0 N–H and O–H groups in total. The van der Waals surface area contributed by atoms with Crippen molar-refractivity contribution in [1.29, 1.82) is 0 Å². The van der Waals surface area contributed by atoms with Gasteiger partial charge in [-0.05, 0) is 11.7 Å². The molecule has 0 spiro atoms. The van der Waals surface area contributed by atoms with Crippen molar-refractivity contribution in [3.05, 3.63) is 24.3 Å². The van der Waals surface area contributed by atoms with E-state index in [0.717, 1.165) is 5.75 Å². The van der Waals surface area contributed by atoms with Crippen molar-refractivity contribution in [2.45, 2.75) is 30.4 Å². The van der Waals surface area contributed by atoms with E-state index in [9.17, 15) is 0 Å². The Morgan fingerprint density at radius 1 is 1.60 bits per heavy atom. The molecular weight excluding hydrogens is 325 g/mol. The van der Waals surface area contributed by atoms with E-state index in [1.165, 1.54) is 27.7 Å². The van der Waals surface area contributed by atoms with Crippen molar-refractivity contribution < 1.29 is 21.1 Å². The zero-order chi connectivity index (χ0) is 11.7. The first-order valence-electron chi connectivity index (χ1n) is 4.75. The Labute approximate surface area is 113 Å². The van der Waals surface area contributed by atoms with E-state index in [-0.39, 0.29) is 0 Å². The molecule has 0 aliphatic heterocycles. The Kier molecular flexibility index (Phi) is 9.99. The summed E-state index contributed by atoms with van der Waals surface area (Å²) >= 11 is 6.09. The molecule has 1 unspecified atom stereocenters. The second-order valence-corrected chi connectivity index (χ2v) is 4.39. The fraction of sp³-hybridized carbons (Fsp3) is 0.455. The maximum absolute atomic E-state index is 5.25. The van der Waals surface area contributed by atoms with E-state index in [1.54, 1.807) is 7.11 Å². The summed E-state index contributed by atoms with van der Waals surface area (Å²) < 4.78 is 5.25. The molecule has 1 nitrogen and oxygen atoms in total. The first kappa shape index (κ1) is 15.5. The number of ether oxygens (including phenoxy) is 1. The van der Waals surface area contributed by atoms with Gasteiger partial charge in [0.1, 0.15) is 0 Å². The van der Waals surface area contributed by atoms with Crippen molar-refractivity contribution in [3.8, 4) is 5.75 Å². The topological polar surface area (TPSA) is 9.23 Å². The molecule has 0 radical (unpaired) electrons. The molecule has 4 heteroatoms. The van der Waals surface area contributed by atoms with Gasteiger partial charge in [0.25, 0.3) is 0 Å². The van der Waals surface area contributed by atoms with Gasteiger partial charge in [-0.3, -0.25) is 0 Å². The second kappa shape index (κ2) is 9.68. The van der Waals surface area contributed by atoms with Crippen LogP contribution in [0.3, 0.4) is 0 Å². The average molecular weight is 341 g/mol. The zero-order valence-electron chi connectivity index (χ0n) is 9.42. The van der Waals surface area contributed by atoms with Crippen LogP contribution in [0.15, 0.2) is 23.1 Å². The fourth-order valence-electron chi connectivity index (χ4n) is 0.962. The first-order chi connectivity index (χ1) is 7.27. The Morgan fingerprint density at radius 3 is 2.80 bits per heavy atom. The first-order valence-corrected chi connectivity index (χ1v) is 12.6. The van der Waals surface area contributed by atoms with Gasteiger partial charge >= 0.3 is 30.0 Å². The Balaban J connectivity index is 0.000000921. The van der Waals surface area contributed by atoms with Crippen molar-refractivity contribution in [1.82, 2.24) is 0 Å². The third kappa shape index (κ3) is 5.94. The minimum absolute atomic E-state index is 0.629. The molecule has 15 heavy (non-hydrogen) atoms. The van der Waals surface area contributed by atoms with Crippen LogP contribution < -0.4 is 4.74 Å². The third-order valence-electron chi connectivity index (χ3n) is 1.91. The van der Waals surface area contributed by atoms with Gasteiger partial charge in [-0.25, -0.2) is 0 Å². The number of rotatable bonds is 4. The molecule has 0 aliphatic rings. The summed E-state index contributed by atoms with van der Waals surface area (Å²) in [5.74, 6) is 0.948. The van der Waals surface area contributed by atoms with E-state index in [2.05, 4.69) is 33.5 Å². The third-order valence-corrected chi connectivity index (χ3v) is 3.22. The number of methoxy groups -OCH3 is 1. The number of thioether (sulfide) groups is 1. The van der Waals surface area contributed by atoms with Gasteiger partial charge in [-0.1, -0.05) is 18.7 Å². The molecule has 1 atom stereocenters. The molecule has 1 aromatic rings. The number of hydrogen-bond donors (Lipinski definition) is 0. The number of halogens is 1. The molecule has 0 bridgehead atoms. The molecule has 0 saturated heterocycles. The van der Waals surface area contributed by atoms with Gasteiger partial charge in [0, 0.05) is 5.75 Å². The minimum atomic E-state index is 0.629. The summed E-state index contributed by atoms with van der Waals surface area (Å²) in [6, 6.07) is 8.87. The van der Waals surface area contributed by atoms with Crippen LogP contribution in [0.4, 0.5) is 0 Å². The zero-order valence-corrected chi connectivity index (χ0v) is 14.8. The van der Waals surface area contributed by atoms with Crippen LogP contribution in [0, 0.1) is 6.07 Å². The summed E-state index contributed by atoms with van der Waals surface area (Å²) in [6.45, 7) is 4.41. The molecule has 0 heterocycles. The predicted molar refractivity (Wildman–Crippen MR) is 66.4 cm³/mol. The molecule has 0 amide bonds. The van der Waals surface area contributed by atoms with Gasteiger partial charge in [0.05, 0.1) is 7.11 Å². The molecular formula is C11H15BrOSZn. The van der Waals surface area contributed by atoms with Crippen molar-refractivity contribution in [2.24, 2.45) is 0 Å². The van der Waals surface area contributed by atoms with Crippen LogP contribution in [0.2, 0.25) is 0 Å². The number of hydrogen-bond acceptors (Lipinski definition) is 2. The molecule has 1 rings (SSSR count). The molecule has 80 valence electrons. The van der Waals surface area contributed by atoms with Crippen LogP contribution >= 0.6 is 25.4 Å². The Hall–Kier alpha value is 0.473. The Bertz CT molecular complexity index is 271. The monoisotopic (exact) mass is 338 g/mol.